The van der Waals surface area contributed by atoms with Crippen LogP contribution in [0.15, 0.2) is 57.9 Å². The number of likely N-dealkylation sites (N-methyl/N-ethyl adjacent to an activating group) is 1. The molecule has 0 spiro atoms. The van der Waals surface area contributed by atoms with Crippen LogP contribution in [0, 0.1) is 0 Å². The van der Waals surface area contributed by atoms with E-state index in [4.69, 9.17) is 4.42 Å². The van der Waals surface area contributed by atoms with Crippen LogP contribution in [0.1, 0.15) is 18.5 Å². The molecule has 122 valence electrons. The molecule has 0 unspecified atom stereocenters. The van der Waals surface area contributed by atoms with Crippen LogP contribution in [-0.2, 0) is 11.3 Å². The Morgan fingerprint density at radius 3 is 2.88 bits per heavy atom. The van der Waals surface area contributed by atoms with Crippen molar-refractivity contribution in [3.63, 3.8) is 0 Å². The van der Waals surface area contributed by atoms with Gasteiger partial charge in [-0.25, -0.2) is 4.98 Å². The van der Waals surface area contributed by atoms with Crippen LogP contribution in [0.3, 0.4) is 0 Å². The fraction of sp³-hybridized carbons (Fsp3) is 0.167. The van der Waals surface area contributed by atoms with Gasteiger partial charge in [-0.05, 0) is 37.3 Å². The van der Waals surface area contributed by atoms with Crippen molar-refractivity contribution in [2.75, 3.05) is 6.54 Å². The molecule has 3 rings (SSSR count). The summed E-state index contributed by atoms with van der Waals surface area (Å²) < 4.78 is 5.16. The van der Waals surface area contributed by atoms with E-state index in [1.807, 2.05) is 13.0 Å². The van der Waals surface area contributed by atoms with Crippen LogP contribution < -0.4 is 5.56 Å². The van der Waals surface area contributed by atoms with Crippen molar-refractivity contribution < 1.29 is 9.21 Å². The topological polar surface area (TPSA) is 79.2 Å². The molecule has 0 atom stereocenters. The fourth-order valence-electron chi connectivity index (χ4n) is 2.38. The van der Waals surface area contributed by atoms with Gasteiger partial charge in [-0.3, -0.25) is 9.59 Å². The van der Waals surface area contributed by atoms with Gasteiger partial charge in [0.25, 0.3) is 5.56 Å². The second-order valence-corrected chi connectivity index (χ2v) is 5.23. The van der Waals surface area contributed by atoms with Crippen molar-refractivity contribution in [1.29, 1.82) is 0 Å². The number of aromatic nitrogens is 2. The van der Waals surface area contributed by atoms with Crippen molar-refractivity contribution in [3.8, 4) is 0 Å². The molecule has 2 heterocycles. The predicted octanol–water partition coefficient (Wildman–Crippen LogP) is 2.58. The Balaban J connectivity index is 1.80. The number of nitrogens with zero attached hydrogens (tertiary/aromatic N) is 2. The van der Waals surface area contributed by atoms with Gasteiger partial charge in [-0.2, -0.15) is 0 Å². The summed E-state index contributed by atoms with van der Waals surface area (Å²) in [6.07, 6.45) is 4.61. The average Bonchev–Trinajstić information content (AvgIpc) is 3.11. The van der Waals surface area contributed by atoms with Crippen molar-refractivity contribution in [2.45, 2.75) is 13.5 Å². The SMILES string of the molecule is CCN(Cc1nc2ccccc2c(=O)[nH]1)C(=O)/C=C/c1ccco1. The molecule has 0 aliphatic carbocycles. The molecular formula is C18H17N3O3. The van der Waals surface area contributed by atoms with Crippen LogP contribution in [0.5, 0.6) is 0 Å². The second kappa shape index (κ2) is 6.95. The summed E-state index contributed by atoms with van der Waals surface area (Å²) in [5.74, 6) is 0.890. The van der Waals surface area contributed by atoms with Gasteiger partial charge < -0.3 is 14.3 Å². The molecule has 6 heteroatoms. The van der Waals surface area contributed by atoms with E-state index in [0.29, 0.717) is 29.0 Å². The highest BCUT2D eigenvalue weighted by atomic mass is 16.3. The van der Waals surface area contributed by atoms with Crippen LogP contribution >= 0.6 is 0 Å². The third-order valence-corrected chi connectivity index (χ3v) is 3.63. The van der Waals surface area contributed by atoms with Gasteiger partial charge in [0, 0.05) is 12.6 Å². The van der Waals surface area contributed by atoms with Gasteiger partial charge in [0.05, 0.1) is 23.7 Å². The van der Waals surface area contributed by atoms with E-state index >= 15 is 0 Å². The molecule has 0 aliphatic rings. The molecule has 0 radical (unpaired) electrons. The third-order valence-electron chi connectivity index (χ3n) is 3.63. The van der Waals surface area contributed by atoms with Crippen molar-refractivity contribution in [2.24, 2.45) is 0 Å². The van der Waals surface area contributed by atoms with Gasteiger partial charge in [-0.1, -0.05) is 12.1 Å². The number of hydrogen-bond donors (Lipinski definition) is 1. The number of H-pyrrole nitrogens is 1. The maximum absolute atomic E-state index is 12.3. The Hall–Kier alpha value is -3.15. The van der Waals surface area contributed by atoms with Crippen LogP contribution in [0.25, 0.3) is 17.0 Å². The van der Waals surface area contributed by atoms with Crippen molar-refractivity contribution in [1.82, 2.24) is 14.9 Å². The quantitative estimate of drug-likeness (QED) is 0.732. The van der Waals surface area contributed by atoms with E-state index in [0.717, 1.165) is 0 Å². The zero-order valence-electron chi connectivity index (χ0n) is 13.2. The molecule has 1 N–H and O–H groups in total. The first-order valence-corrected chi connectivity index (χ1v) is 7.66. The molecular weight excluding hydrogens is 306 g/mol. The minimum atomic E-state index is -0.203. The number of benzene rings is 1. The highest BCUT2D eigenvalue weighted by Crippen LogP contribution is 2.08. The summed E-state index contributed by atoms with van der Waals surface area (Å²) in [6.45, 7) is 2.60. The van der Waals surface area contributed by atoms with E-state index in [1.165, 1.54) is 6.08 Å². The Morgan fingerprint density at radius 2 is 2.12 bits per heavy atom. The Bertz CT molecular complexity index is 926. The third kappa shape index (κ3) is 3.43. The van der Waals surface area contributed by atoms with Crippen LogP contribution in [0.2, 0.25) is 0 Å². The molecule has 0 fully saturated rings. The van der Waals surface area contributed by atoms with Crippen molar-refractivity contribution in [3.05, 3.63) is 70.7 Å². The highest BCUT2D eigenvalue weighted by molar-refractivity contribution is 5.91. The summed E-state index contributed by atoms with van der Waals surface area (Å²) in [4.78, 5) is 33.1. The number of carbonyl (C=O) groups is 1. The summed E-state index contributed by atoms with van der Waals surface area (Å²) in [6, 6.07) is 10.6. The highest BCUT2D eigenvalue weighted by Gasteiger charge is 2.12. The first-order valence-electron chi connectivity index (χ1n) is 7.66. The van der Waals surface area contributed by atoms with Crippen LogP contribution in [-0.4, -0.2) is 27.3 Å². The number of carbonyl (C=O) groups excluding carboxylic acids is 1. The molecule has 24 heavy (non-hydrogen) atoms. The van der Waals surface area contributed by atoms with Gasteiger partial charge >= 0.3 is 0 Å². The van der Waals surface area contributed by atoms with Crippen molar-refractivity contribution >= 4 is 22.9 Å². The number of amides is 1. The summed E-state index contributed by atoms with van der Waals surface area (Å²) in [7, 11) is 0. The molecule has 3 aromatic rings. The first-order chi connectivity index (χ1) is 11.7. The first kappa shape index (κ1) is 15.7. The van der Waals surface area contributed by atoms with E-state index in [9.17, 15) is 9.59 Å². The number of hydrogen-bond acceptors (Lipinski definition) is 4. The van der Waals surface area contributed by atoms with Gasteiger partial charge in [-0.15, -0.1) is 0 Å². The normalized spacial score (nSPS) is 11.2. The Labute approximate surface area is 138 Å². The number of rotatable bonds is 5. The monoisotopic (exact) mass is 323 g/mol. The fourth-order valence-corrected chi connectivity index (χ4v) is 2.38. The average molecular weight is 323 g/mol. The number of nitrogens with one attached hydrogen (secondary N) is 1. The number of aromatic amines is 1. The Morgan fingerprint density at radius 1 is 1.29 bits per heavy atom. The van der Waals surface area contributed by atoms with Gasteiger partial charge in [0.15, 0.2) is 0 Å². The molecule has 6 nitrogen and oxygen atoms in total. The van der Waals surface area contributed by atoms with Gasteiger partial charge in [0.2, 0.25) is 5.91 Å². The van der Waals surface area contributed by atoms with Gasteiger partial charge in [0.1, 0.15) is 11.6 Å². The van der Waals surface area contributed by atoms with E-state index in [-0.39, 0.29) is 18.0 Å². The zero-order valence-corrected chi connectivity index (χ0v) is 13.2. The largest absolute Gasteiger partial charge is 0.465 e. The standard InChI is InChI=1S/C18H17N3O3/c1-2-21(17(22)10-9-13-6-5-11-24-13)12-16-19-15-8-4-3-7-14(15)18(23)20-16/h3-11H,2,12H2,1H3,(H,19,20,23)/b10-9+. The summed E-state index contributed by atoms with van der Waals surface area (Å²) in [5.41, 5.74) is 0.413. The number of furan rings is 1. The molecule has 2 aromatic heterocycles. The molecule has 1 amide bonds. The second-order valence-electron chi connectivity index (χ2n) is 5.23. The minimum absolute atomic E-state index is 0.176. The van der Waals surface area contributed by atoms with E-state index < -0.39 is 0 Å². The lowest BCUT2D eigenvalue weighted by molar-refractivity contribution is -0.126. The predicted molar refractivity (Wildman–Crippen MR) is 91.2 cm³/mol. The van der Waals surface area contributed by atoms with Crippen LogP contribution in [0.4, 0.5) is 0 Å². The smallest absolute Gasteiger partial charge is 0.258 e. The lowest BCUT2D eigenvalue weighted by Crippen LogP contribution is -2.30. The maximum atomic E-state index is 12.3. The molecule has 1 aromatic carbocycles. The molecule has 0 aliphatic heterocycles. The molecule has 0 saturated carbocycles. The maximum Gasteiger partial charge on any atom is 0.258 e. The number of fused-ring (bicyclic) bond motifs is 1. The molecule has 0 saturated heterocycles. The summed E-state index contributed by atoms with van der Waals surface area (Å²) >= 11 is 0. The lowest BCUT2D eigenvalue weighted by Gasteiger charge is -2.18. The van der Waals surface area contributed by atoms with E-state index in [1.54, 1.807) is 47.6 Å². The van der Waals surface area contributed by atoms with E-state index in [2.05, 4.69) is 9.97 Å². The lowest BCUT2D eigenvalue weighted by atomic mass is 10.2. The minimum Gasteiger partial charge on any atom is -0.465 e. The summed E-state index contributed by atoms with van der Waals surface area (Å²) in [5, 5.41) is 0.536. The zero-order chi connectivity index (χ0) is 16.9. The Kier molecular flexibility index (Phi) is 4.56. The number of para-hydroxylation sites is 1. The molecule has 0 bridgehead atoms.